The summed E-state index contributed by atoms with van der Waals surface area (Å²) in [6, 6.07) is 1.78. The van der Waals surface area contributed by atoms with Crippen molar-refractivity contribution in [1.82, 2.24) is 0 Å². The largest absolute Gasteiger partial charge is 0.478 e. The van der Waals surface area contributed by atoms with Gasteiger partial charge in [-0.2, -0.15) is 5.26 Å². The number of aliphatic carboxylic acids is 1. The van der Waals surface area contributed by atoms with E-state index < -0.39 is 5.97 Å². The van der Waals surface area contributed by atoms with Gasteiger partial charge in [-0.25, -0.2) is 4.79 Å². The molecule has 3 nitrogen and oxygen atoms in total. The van der Waals surface area contributed by atoms with Crippen molar-refractivity contribution in [3.63, 3.8) is 0 Å². The molecule has 1 N–H and O–H groups in total. The zero-order chi connectivity index (χ0) is 12.9. The highest BCUT2D eigenvalue weighted by Crippen LogP contribution is 2.12. The number of nitriles is 1. The zero-order valence-electron chi connectivity index (χ0n) is 10.7. The van der Waals surface area contributed by atoms with E-state index in [4.69, 9.17) is 10.4 Å². The van der Waals surface area contributed by atoms with E-state index in [-0.39, 0.29) is 5.57 Å². The Morgan fingerprint density at radius 3 is 2.12 bits per heavy atom. The van der Waals surface area contributed by atoms with Crippen LogP contribution in [0.2, 0.25) is 0 Å². The third-order valence-corrected chi connectivity index (χ3v) is 2.81. The average Bonchev–Trinajstić information content (AvgIpc) is 2.31. The summed E-state index contributed by atoms with van der Waals surface area (Å²) in [6.45, 7) is 2.20. The number of nitrogens with zero attached hydrogens (tertiary/aromatic N) is 1. The van der Waals surface area contributed by atoms with Crippen molar-refractivity contribution in [2.45, 2.75) is 64.7 Å². The van der Waals surface area contributed by atoms with Gasteiger partial charge in [-0.1, -0.05) is 51.9 Å². The van der Waals surface area contributed by atoms with Crippen molar-refractivity contribution in [1.29, 1.82) is 5.26 Å². The predicted molar refractivity (Wildman–Crippen MR) is 68.6 cm³/mol. The summed E-state index contributed by atoms with van der Waals surface area (Å²) in [6.07, 6.45) is 11.2. The lowest BCUT2D eigenvalue weighted by Crippen LogP contribution is -2.00. The Balaban J connectivity index is 3.47. The Bertz CT molecular complexity index is 276. The number of unbranched alkanes of at least 4 members (excludes halogenated alkanes) is 7. The molecule has 0 amide bonds. The van der Waals surface area contributed by atoms with Gasteiger partial charge in [-0.15, -0.1) is 0 Å². The summed E-state index contributed by atoms with van der Waals surface area (Å²) in [5.41, 5.74) is 0.235. The number of carboxylic acids is 1. The van der Waals surface area contributed by atoms with Gasteiger partial charge in [-0.05, 0) is 12.8 Å². The highest BCUT2D eigenvalue weighted by molar-refractivity contribution is 5.87. The van der Waals surface area contributed by atoms with E-state index in [1.54, 1.807) is 6.07 Å². The summed E-state index contributed by atoms with van der Waals surface area (Å²) < 4.78 is 0. The Kier molecular flexibility index (Phi) is 10.3. The maximum Gasteiger partial charge on any atom is 0.332 e. The SMILES string of the molecule is CCCCCCCCCCC(=CC#N)C(=O)O. The second-order valence-corrected chi connectivity index (χ2v) is 4.33. The zero-order valence-corrected chi connectivity index (χ0v) is 10.7. The maximum absolute atomic E-state index is 10.7. The van der Waals surface area contributed by atoms with E-state index in [2.05, 4.69) is 6.92 Å². The summed E-state index contributed by atoms with van der Waals surface area (Å²) in [5.74, 6) is -0.963. The number of hydrogen-bond donors (Lipinski definition) is 1. The third-order valence-electron chi connectivity index (χ3n) is 2.81. The molecule has 0 spiro atoms. The first-order valence-corrected chi connectivity index (χ1v) is 6.54. The van der Waals surface area contributed by atoms with Gasteiger partial charge in [0.05, 0.1) is 6.07 Å². The molecule has 0 fully saturated rings. The molecular formula is C14H23NO2. The molecule has 0 saturated carbocycles. The van der Waals surface area contributed by atoms with Gasteiger partial charge < -0.3 is 5.11 Å². The summed E-state index contributed by atoms with van der Waals surface area (Å²) in [5, 5.41) is 17.2. The molecule has 96 valence electrons. The van der Waals surface area contributed by atoms with Crippen molar-refractivity contribution < 1.29 is 9.90 Å². The van der Waals surface area contributed by atoms with Crippen LogP contribution in [0.15, 0.2) is 11.6 Å². The van der Waals surface area contributed by atoms with Gasteiger partial charge in [0.2, 0.25) is 0 Å². The fourth-order valence-corrected chi connectivity index (χ4v) is 1.77. The van der Waals surface area contributed by atoms with E-state index in [0.717, 1.165) is 18.9 Å². The van der Waals surface area contributed by atoms with Crippen molar-refractivity contribution in [3.8, 4) is 6.07 Å². The first-order chi connectivity index (χ1) is 8.22. The molecule has 0 aliphatic heterocycles. The van der Waals surface area contributed by atoms with Crippen LogP contribution in [0.4, 0.5) is 0 Å². The molecule has 0 aromatic rings. The first kappa shape index (κ1) is 15.7. The summed E-state index contributed by atoms with van der Waals surface area (Å²) in [7, 11) is 0. The maximum atomic E-state index is 10.7. The monoisotopic (exact) mass is 237 g/mol. The molecule has 3 heteroatoms. The lowest BCUT2D eigenvalue weighted by Gasteiger charge is -2.02. The van der Waals surface area contributed by atoms with E-state index in [1.165, 1.54) is 38.5 Å². The van der Waals surface area contributed by atoms with Crippen molar-refractivity contribution >= 4 is 5.97 Å². The molecular weight excluding hydrogens is 214 g/mol. The van der Waals surface area contributed by atoms with Gasteiger partial charge in [-0.3, -0.25) is 0 Å². The number of carbonyl (C=O) groups is 1. The lowest BCUT2D eigenvalue weighted by molar-refractivity contribution is -0.132. The van der Waals surface area contributed by atoms with Gasteiger partial charge in [0.15, 0.2) is 0 Å². The normalized spacial score (nSPS) is 11.2. The van der Waals surface area contributed by atoms with Crippen LogP contribution in [0.1, 0.15) is 64.7 Å². The van der Waals surface area contributed by atoms with Gasteiger partial charge in [0.1, 0.15) is 0 Å². The molecule has 0 aromatic heterocycles. The second kappa shape index (κ2) is 11.2. The smallest absolute Gasteiger partial charge is 0.332 e. The third kappa shape index (κ3) is 9.62. The van der Waals surface area contributed by atoms with E-state index in [9.17, 15) is 4.79 Å². The van der Waals surface area contributed by atoms with Crippen LogP contribution in [-0.4, -0.2) is 11.1 Å². The van der Waals surface area contributed by atoms with Crippen LogP contribution >= 0.6 is 0 Å². The van der Waals surface area contributed by atoms with Crippen LogP contribution in [0.3, 0.4) is 0 Å². The van der Waals surface area contributed by atoms with Gasteiger partial charge in [0.25, 0.3) is 0 Å². The minimum atomic E-state index is -0.963. The van der Waals surface area contributed by atoms with Crippen LogP contribution in [0.25, 0.3) is 0 Å². The van der Waals surface area contributed by atoms with Crippen LogP contribution in [-0.2, 0) is 4.79 Å². The average molecular weight is 237 g/mol. The minimum absolute atomic E-state index is 0.235. The molecule has 0 radical (unpaired) electrons. The fraction of sp³-hybridized carbons (Fsp3) is 0.714. The van der Waals surface area contributed by atoms with E-state index in [0.29, 0.717) is 6.42 Å². The second-order valence-electron chi connectivity index (χ2n) is 4.33. The van der Waals surface area contributed by atoms with Crippen molar-refractivity contribution in [3.05, 3.63) is 11.6 Å². The molecule has 17 heavy (non-hydrogen) atoms. The minimum Gasteiger partial charge on any atom is -0.478 e. The van der Waals surface area contributed by atoms with Crippen LogP contribution in [0, 0.1) is 11.3 Å². The molecule has 0 bridgehead atoms. The number of carboxylic acid groups (broad SMARTS) is 1. The first-order valence-electron chi connectivity index (χ1n) is 6.54. The molecule has 0 aliphatic carbocycles. The summed E-state index contributed by atoms with van der Waals surface area (Å²) in [4.78, 5) is 10.7. The molecule has 0 aromatic carbocycles. The van der Waals surface area contributed by atoms with Crippen molar-refractivity contribution in [2.24, 2.45) is 0 Å². The van der Waals surface area contributed by atoms with E-state index >= 15 is 0 Å². The predicted octanol–water partition coefficient (Wildman–Crippen LogP) is 4.05. The fourth-order valence-electron chi connectivity index (χ4n) is 1.77. The number of rotatable bonds is 10. The van der Waals surface area contributed by atoms with Crippen LogP contribution in [0.5, 0.6) is 0 Å². The Morgan fingerprint density at radius 2 is 1.65 bits per heavy atom. The summed E-state index contributed by atoms with van der Waals surface area (Å²) >= 11 is 0. The van der Waals surface area contributed by atoms with Gasteiger partial charge >= 0.3 is 5.97 Å². The number of allylic oxidation sites excluding steroid dienone is 1. The molecule has 0 unspecified atom stereocenters. The highest BCUT2D eigenvalue weighted by Gasteiger charge is 2.05. The Labute approximate surface area is 104 Å². The molecule has 0 atom stereocenters. The van der Waals surface area contributed by atoms with Gasteiger partial charge in [0, 0.05) is 11.6 Å². The quantitative estimate of drug-likeness (QED) is 0.354. The number of hydrogen-bond acceptors (Lipinski definition) is 2. The lowest BCUT2D eigenvalue weighted by atomic mass is 10.0. The molecule has 0 heterocycles. The Hall–Kier alpha value is -1.30. The standard InChI is InChI=1S/C14H23NO2/c1-2-3-4-5-6-7-8-9-10-13(11-12-15)14(16)17/h11H,2-10H2,1H3,(H,16,17). The molecule has 0 saturated heterocycles. The topological polar surface area (TPSA) is 61.1 Å². The Morgan fingerprint density at radius 1 is 1.12 bits per heavy atom. The highest BCUT2D eigenvalue weighted by atomic mass is 16.4. The van der Waals surface area contributed by atoms with Crippen LogP contribution < -0.4 is 0 Å². The van der Waals surface area contributed by atoms with E-state index in [1.807, 2.05) is 0 Å². The molecule has 0 aliphatic rings. The van der Waals surface area contributed by atoms with Crippen molar-refractivity contribution in [2.75, 3.05) is 0 Å². The molecule has 0 rings (SSSR count).